The van der Waals surface area contributed by atoms with Crippen LogP contribution in [0.4, 0.5) is 0 Å². The van der Waals surface area contributed by atoms with Crippen molar-refractivity contribution in [1.29, 1.82) is 0 Å². The number of carbonyl (C=O) groups is 1. The largest absolute Gasteiger partial charge is 0.479 e. The van der Waals surface area contributed by atoms with Gasteiger partial charge in [-0.15, -0.1) is 0 Å². The number of carboxylic acid groups (broad SMARTS) is 1. The molecule has 1 unspecified atom stereocenters. The van der Waals surface area contributed by atoms with Crippen LogP contribution in [0.1, 0.15) is 12.6 Å². The number of hydrogen-bond donors (Lipinski definition) is 1. The van der Waals surface area contributed by atoms with E-state index in [2.05, 4.69) is 4.98 Å². The van der Waals surface area contributed by atoms with Crippen molar-refractivity contribution in [2.24, 2.45) is 0 Å². The number of hydrogen-bond acceptors (Lipinski definition) is 3. The highest BCUT2D eigenvalue weighted by Gasteiger charge is 2.14. The maximum Gasteiger partial charge on any atom is 0.344 e. The number of aliphatic carboxylic acids is 1. The summed E-state index contributed by atoms with van der Waals surface area (Å²) in [6, 6.07) is 9.25. The fraction of sp³-hybridized carbons (Fsp3) is 0.231. The SMILES string of the molecule is Cc1cc(OC(C)C(=O)O)c2ccccc2n1. The van der Waals surface area contributed by atoms with E-state index in [1.54, 1.807) is 6.07 Å². The molecule has 0 fully saturated rings. The lowest BCUT2D eigenvalue weighted by Crippen LogP contribution is -2.23. The Morgan fingerprint density at radius 3 is 2.82 bits per heavy atom. The Bertz CT molecular complexity index is 566. The number of rotatable bonds is 3. The second kappa shape index (κ2) is 4.41. The van der Waals surface area contributed by atoms with Gasteiger partial charge in [-0.1, -0.05) is 12.1 Å². The maximum atomic E-state index is 10.8. The Balaban J connectivity index is 2.49. The molecule has 1 heterocycles. The average Bonchev–Trinajstić information content (AvgIpc) is 2.28. The number of aryl methyl sites for hydroxylation is 1. The summed E-state index contributed by atoms with van der Waals surface area (Å²) in [4.78, 5) is 15.1. The topological polar surface area (TPSA) is 59.4 Å². The summed E-state index contributed by atoms with van der Waals surface area (Å²) in [5.41, 5.74) is 1.61. The lowest BCUT2D eigenvalue weighted by molar-refractivity contribution is -0.144. The van der Waals surface area contributed by atoms with Crippen molar-refractivity contribution in [3.05, 3.63) is 36.0 Å². The standard InChI is InChI=1S/C13H13NO3/c1-8-7-12(17-9(2)13(15)16)10-5-3-4-6-11(10)14-8/h3-7,9H,1-2H3,(H,15,16). The number of carboxylic acids is 1. The van der Waals surface area contributed by atoms with Crippen molar-refractivity contribution in [1.82, 2.24) is 4.98 Å². The van der Waals surface area contributed by atoms with Crippen LogP contribution in [-0.2, 0) is 4.79 Å². The summed E-state index contributed by atoms with van der Waals surface area (Å²) in [6.07, 6.45) is -0.875. The molecular weight excluding hydrogens is 218 g/mol. The Morgan fingerprint density at radius 2 is 2.12 bits per heavy atom. The molecule has 1 atom stereocenters. The average molecular weight is 231 g/mol. The highest BCUT2D eigenvalue weighted by molar-refractivity contribution is 5.85. The number of ether oxygens (including phenoxy) is 1. The molecule has 0 aliphatic heterocycles. The van der Waals surface area contributed by atoms with Crippen molar-refractivity contribution in [3.63, 3.8) is 0 Å². The van der Waals surface area contributed by atoms with Gasteiger partial charge in [-0.25, -0.2) is 4.79 Å². The lowest BCUT2D eigenvalue weighted by atomic mass is 10.2. The van der Waals surface area contributed by atoms with E-state index in [1.165, 1.54) is 6.92 Å². The predicted octanol–water partition coefficient (Wildman–Crippen LogP) is 2.40. The Kier molecular flexibility index (Phi) is 2.95. The number of pyridine rings is 1. The third kappa shape index (κ3) is 2.36. The summed E-state index contributed by atoms with van der Waals surface area (Å²) in [6.45, 7) is 3.36. The first-order chi connectivity index (χ1) is 8.08. The van der Waals surface area contributed by atoms with Crippen molar-refractivity contribution in [3.8, 4) is 5.75 Å². The molecule has 1 aromatic carbocycles. The molecule has 4 nitrogen and oxygen atoms in total. The van der Waals surface area contributed by atoms with E-state index < -0.39 is 12.1 Å². The lowest BCUT2D eigenvalue weighted by Gasteiger charge is -2.13. The predicted molar refractivity (Wildman–Crippen MR) is 64.2 cm³/mol. The molecule has 17 heavy (non-hydrogen) atoms. The monoisotopic (exact) mass is 231 g/mol. The van der Waals surface area contributed by atoms with Gasteiger partial charge in [-0.2, -0.15) is 0 Å². The molecule has 88 valence electrons. The molecule has 0 spiro atoms. The van der Waals surface area contributed by atoms with Crippen LogP contribution < -0.4 is 4.74 Å². The highest BCUT2D eigenvalue weighted by atomic mass is 16.5. The van der Waals surface area contributed by atoms with E-state index in [0.29, 0.717) is 5.75 Å². The molecular formula is C13H13NO3. The van der Waals surface area contributed by atoms with Gasteiger partial charge in [0.05, 0.1) is 5.52 Å². The Morgan fingerprint density at radius 1 is 1.41 bits per heavy atom. The molecule has 0 saturated heterocycles. The van der Waals surface area contributed by atoms with Gasteiger partial charge in [0.1, 0.15) is 5.75 Å². The number of aromatic nitrogens is 1. The van der Waals surface area contributed by atoms with Gasteiger partial charge in [-0.05, 0) is 26.0 Å². The number of nitrogens with zero attached hydrogens (tertiary/aromatic N) is 1. The zero-order chi connectivity index (χ0) is 12.4. The first kappa shape index (κ1) is 11.4. The minimum absolute atomic E-state index is 0.558. The molecule has 0 aliphatic rings. The van der Waals surface area contributed by atoms with E-state index in [-0.39, 0.29) is 0 Å². The van der Waals surface area contributed by atoms with Crippen LogP contribution in [0.2, 0.25) is 0 Å². The normalized spacial score (nSPS) is 12.4. The smallest absolute Gasteiger partial charge is 0.344 e. The second-order valence-corrected chi connectivity index (χ2v) is 3.88. The van der Waals surface area contributed by atoms with Crippen LogP contribution in [0.25, 0.3) is 10.9 Å². The number of benzene rings is 1. The van der Waals surface area contributed by atoms with E-state index in [1.807, 2.05) is 31.2 Å². The molecule has 0 saturated carbocycles. The van der Waals surface area contributed by atoms with Crippen LogP contribution in [-0.4, -0.2) is 22.2 Å². The van der Waals surface area contributed by atoms with Gasteiger partial charge in [0.15, 0.2) is 6.10 Å². The van der Waals surface area contributed by atoms with Crippen LogP contribution >= 0.6 is 0 Å². The fourth-order valence-electron chi connectivity index (χ4n) is 1.61. The third-order valence-electron chi connectivity index (χ3n) is 2.46. The molecule has 2 aromatic rings. The van der Waals surface area contributed by atoms with Crippen molar-refractivity contribution < 1.29 is 14.6 Å². The second-order valence-electron chi connectivity index (χ2n) is 3.88. The number of para-hydroxylation sites is 1. The molecule has 0 amide bonds. The van der Waals surface area contributed by atoms with Crippen LogP contribution in [0.5, 0.6) is 5.75 Å². The summed E-state index contributed by atoms with van der Waals surface area (Å²) in [7, 11) is 0. The summed E-state index contributed by atoms with van der Waals surface area (Å²) < 4.78 is 5.43. The zero-order valence-electron chi connectivity index (χ0n) is 9.68. The molecule has 4 heteroatoms. The van der Waals surface area contributed by atoms with Gasteiger partial charge in [0, 0.05) is 17.1 Å². The molecule has 1 N–H and O–H groups in total. The quantitative estimate of drug-likeness (QED) is 0.881. The third-order valence-corrected chi connectivity index (χ3v) is 2.46. The number of fused-ring (bicyclic) bond motifs is 1. The molecule has 0 bridgehead atoms. The summed E-state index contributed by atoms with van der Waals surface area (Å²) >= 11 is 0. The zero-order valence-corrected chi connectivity index (χ0v) is 9.68. The molecule has 0 radical (unpaired) electrons. The minimum atomic E-state index is -0.983. The maximum absolute atomic E-state index is 10.8. The van der Waals surface area contributed by atoms with Crippen LogP contribution in [0.3, 0.4) is 0 Å². The molecule has 0 aliphatic carbocycles. The summed E-state index contributed by atoms with van der Waals surface area (Å²) in [5, 5.41) is 9.67. The van der Waals surface area contributed by atoms with E-state index in [4.69, 9.17) is 9.84 Å². The van der Waals surface area contributed by atoms with Crippen LogP contribution in [0.15, 0.2) is 30.3 Å². The van der Waals surface area contributed by atoms with Crippen LogP contribution in [0, 0.1) is 6.92 Å². The Hall–Kier alpha value is -2.10. The van der Waals surface area contributed by atoms with Gasteiger partial charge in [0.25, 0.3) is 0 Å². The van der Waals surface area contributed by atoms with Gasteiger partial charge in [0.2, 0.25) is 0 Å². The fourth-order valence-corrected chi connectivity index (χ4v) is 1.61. The van der Waals surface area contributed by atoms with Crippen molar-refractivity contribution >= 4 is 16.9 Å². The van der Waals surface area contributed by atoms with Crippen molar-refractivity contribution in [2.45, 2.75) is 20.0 Å². The Labute approximate surface area is 98.9 Å². The summed E-state index contributed by atoms with van der Waals surface area (Å²) in [5.74, 6) is -0.424. The van der Waals surface area contributed by atoms with Gasteiger partial charge >= 0.3 is 5.97 Å². The first-order valence-electron chi connectivity index (χ1n) is 5.34. The minimum Gasteiger partial charge on any atom is -0.479 e. The van der Waals surface area contributed by atoms with E-state index >= 15 is 0 Å². The van der Waals surface area contributed by atoms with Crippen molar-refractivity contribution in [2.75, 3.05) is 0 Å². The van der Waals surface area contributed by atoms with Gasteiger partial charge < -0.3 is 9.84 Å². The van der Waals surface area contributed by atoms with E-state index in [0.717, 1.165) is 16.6 Å². The van der Waals surface area contributed by atoms with E-state index in [9.17, 15) is 4.79 Å². The molecule has 2 rings (SSSR count). The van der Waals surface area contributed by atoms with Gasteiger partial charge in [-0.3, -0.25) is 4.98 Å². The first-order valence-corrected chi connectivity index (χ1v) is 5.34. The highest BCUT2D eigenvalue weighted by Crippen LogP contribution is 2.25. The molecule has 1 aromatic heterocycles.